The number of hydrogen-bond donors (Lipinski definition) is 1. The Bertz CT molecular complexity index is 571. The lowest BCUT2D eigenvalue weighted by Crippen LogP contribution is -2.69. The van der Waals surface area contributed by atoms with E-state index < -0.39 is 17.0 Å². The van der Waals surface area contributed by atoms with E-state index in [1.54, 1.807) is 0 Å². The highest BCUT2D eigenvalue weighted by Gasteiger charge is 2.56. The normalized spacial score (nSPS) is 27.5. The molecule has 1 aliphatic rings. The zero-order valence-corrected chi connectivity index (χ0v) is 15.5. The summed E-state index contributed by atoms with van der Waals surface area (Å²) in [6.45, 7) is 9.58. The zero-order valence-electron chi connectivity index (χ0n) is 15.5. The minimum atomic E-state index is -0.844. The van der Waals surface area contributed by atoms with Gasteiger partial charge in [0.25, 0.3) is 0 Å². The summed E-state index contributed by atoms with van der Waals surface area (Å²) in [5.41, 5.74) is -0.244. The molecule has 3 atom stereocenters. The summed E-state index contributed by atoms with van der Waals surface area (Å²) in [5, 5.41) is 17.4. The molecule has 0 saturated carbocycles. The lowest BCUT2D eigenvalue weighted by Gasteiger charge is -2.54. The third-order valence-corrected chi connectivity index (χ3v) is 5.17. The highest BCUT2D eigenvalue weighted by atomic mass is 16.5. The molecular weight excluding hydrogens is 304 g/mol. The van der Waals surface area contributed by atoms with Gasteiger partial charge in [0.15, 0.2) is 0 Å². The maximum atomic E-state index is 12.8. The van der Waals surface area contributed by atoms with Crippen LogP contribution in [0.25, 0.3) is 0 Å². The number of nitrogens with one attached hydrogen (secondary N) is 1. The Morgan fingerprint density at radius 1 is 1.25 bits per heavy atom. The molecule has 0 bridgehead atoms. The van der Waals surface area contributed by atoms with Gasteiger partial charge in [0.2, 0.25) is 0 Å². The van der Waals surface area contributed by atoms with E-state index in [9.17, 15) is 10.0 Å². The van der Waals surface area contributed by atoms with Crippen LogP contribution in [0, 0.1) is 5.92 Å². The number of ether oxygens (including phenoxy) is 1. The van der Waals surface area contributed by atoms with Crippen LogP contribution in [0.1, 0.15) is 52.6 Å². The van der Waals surface area contributed by atoms with E-state index in [0.717, 1.165) is 10.6 Å². The highest BCUT2D eigenvalue weighted by Crippen LogP contribution is 2.42. The number of methoxy groups -OCH3 is 1. The molecule has 1 aliphatic heterocycles. The molecule has 1 saturated heterocycles. The molecule has 5 nitrogen and oxygen atoms in total. The van der Waals surface area contributed by atoms with Crippen LogP contribution in [0.5, 0.6) is 0 Å². The third-order valence-electron chi connectivity index (χ3n) is 5.17. The quantitative estimate of drug-likeness (QED) is 0.860. The van der Waals surface area contributed by atoms with Crippen LogP contribution in [-0.4, -0.2) is 35.3 Å². The van der Waals surface area contributed by atoms with Crippen molar-refractivity contribution in [2.24, 2.45) is 5.92 Å². The molecule has 1 radical (unpaired) electrons. The number of piperidine rings is 1. The summed E-state index contributed by atoms with van der Waals surface area (Å²) in [5.74, 6) is -0.867. The van der Waals surface area contributed by atoms with Crippen LogP contribution in [0.15, 0.2) is 30.3 Å². The Morgan fingerprint density at radius 2 is 1.83 bits per heavy atom. The van der Waals surface area contributed by atoms with Crippen molar-refractivity contribution in [2.75, 3.05) is 7.11 Å². The van der Waals surface area contributed by atoms with Crippen LogP contribution in [-0.2, 0) is 14.7 Å². The first kappa shape index (κ1) is 18.9. The summed E-state index contributed by atoms with van der Waals surface area (Å²) in [6, 6.07) is 10.0. The van der Waals surface area contributed by atoms with Crippen LogP contribution in [0.4, 0.5) is 0 Å². The van der Waals surface area contributed by atoms with Gasteiger partial charge >= 0.3 is 5.97 Å². The molecule has 1 aromatic rings. The predicted molar refractivity (Wildman–Crippen MR) is 92.6 cm³/mol. The average Bonchev–Trinajstić information content (AvgIpc) is 2.53. The van der Waals surface area contributed by atoms with Gasteiger partial charge < -0.3 is 10.1 Å². The topological polar surface area (TPSA) is 61.5 Å². The fourth-order valence-electron chi connectivity index (χ4n) is 4.03. The van der Waals surface area contributed by atoms with Gasteiger partial charge in [0.1, 0.15) is 0 Å². The van der Waals surface area contributed by atoms with E-state index >= 15 is 0 Å². The van der Waals surface area contributed by atoms with Crippen molar-refractivity contribution in [1.82, 2.24) is 10.4 Å². The molecule has 1 heterocycles. The number of carbonyl (C=O) groups excluding carboxylic acids is 1. The maximum Gasteiger partial charge on any atom is 0.312 e. The molecule has 2 rings (SSSR count). The highest BCUT2D eigenvalue weighted by molar-refractivity contribution is 5.75. The Labute approximate surface area is 145 Å². The Hall–Kier alpha value is -1.43. The first-order valence-electron chi connectivity index (χ1n) is 8.47. The Kier molecular flexibility index (Phi) is 5.37. The molecule has 0 aliphatic carbocycles. The van der Waals surface area contributed by atoms with Crippen molar-refractivity contribution >= 4 is 5.97 Å². The summed E-state index contributed by atoms with van der Waals surface area (Å²) in [6.07, 6.45) is 0.580. The molecular formula is C19H29N2O3. The SMILES string of the molecule is COC(=O)[C@H]1[C@H](N[C@H](C)c2ccccc2)CC(C)(C)N([O])C1(C)C. The van der Waals surface area contributed by atoms with E-state index in [1.165, 1.54) is 7.11 Å². The summed E-state index contributed by atoms with van der Waals surface area (Å²) in [7, 11) is 1.38. The van der Waals surface area contributed by atoms with Crippen molar-refractivity contribution in [2.45, 2.75) is 64.2 Å². The number of hydroxylamine groups is 2. The van der Waals surface area contributed by atoms with Crippen LogP contribution in [0.2, 0.25) is 0 Å². The van der Waals surface area contributed by atoms with Gasteiger partial charge in [0.05, 0.1) is 18.6 Å². The van der Waals surface area contributed by atoms with Gasteiger partial charge in [-0.3, -0.25) is 4.79 Å². The molecule has 0 spiro atoms. The molecule has 133 valence electrons. The molecule has 1 N–H and O–H groups in total. The van der Waals surface area contributed by atoms with Crippen molar-refractivity contribution in [3.8, 4) is 0 Å². The van der Waals surface area contributed by atoms with Gasteiger partial charge in [-0.1, -0.05) is 30.3 Å². The lowest BCUT2D eigenvalue weighted by molar-refractivity contribution is -0.304. The zero-order chi connectivity index (χ0) is 18.1. The molecule has 0 aromatic heterocycles. The van der Waals surface area contributed by atoms with E-state index in [1.807, 2.05) is 45.9 Å². The molecule has 0 unspecified atom stereocenters. The minimum absolute atomic E-state index is 0.0770. The second-order valence-corrected chi connectivity index (χ2v) is 7.87. The van der Waals surface area contributed by atoms with Crippen molar-refractivity contribution in [1.29, 1.82) is 0 Å². The number of benzene rings is 1. The summed E-state index contributed by atoms with van der Waals surface area (Å²) < 4.78 is 5.01. The largest absolute Gasteiger partial charge is 0.469 e. The Balaban J connectivity index is 2.32. The molecule has 0 amide bonds. The first-order chi connectivity index (χ1) is 11.1. The molecule has 1 fully saturated rings. The van der Waals surface area contributed by atoms with E-state index in [4.69, 9.17) is 4.74 Å². The lowest BCUT2D eigenvalue weighted by atomic mass is 9.70. The molecule has 1 aromatic carbocycles. The van der Waals surface area contributed by atoms with Crippen LogP contribution >= 0.6 is 0 Å². The summed E-state index contributed by atoms with van der Waals surface area (Å²) in [4.78, 5) is 12.4. The van der Waals surface area contributed by atoms with Gasteiger partial charge in [-0.25, -0.2) is 0 Å². The average molecular weight is 333 g/mol. The minimum Gasteiger partial charge on any atom is -0.469 e. The van der Waals surface area contributed by atoms with E-state index in [-0.39, 0.29) is 18.1 Å². The molecule has 24 heavy (non-hydrogen) atoms. The van der Waals surface area contributed by atoms with Gasteiger partial charge in [-0.2, -0.15) is 0 Å². The van der Waals surface area contributed by atoms with Gasteiger partial charge in [0, 0.05) is 17.6 Å². The van der Waals surface area contributed by atoms with Crippen molar-refractivity contribution < 1.29 is 14.7 Å². The Morgan fingerprint density at radius 3 is 2.38 bits per heavy atom. The monoisotopic (exact) mass is 333 g/mol. The number of rotatable bonds is 4. The smallest absolute Gasteiger partial charge is 0.312 e. The second-order valence-electron chi connectivity index (χ2n) is 7.87. The summed E-state index contributed by atoms with van der Waals surface area (Å²) >= 11 is 0. The predicted octanol–water partition coefficient (Wildman–Crippen LogP) is 3.10. The standard InChI is InChI=1S/C19H29N2O3/c1-13(14-10-8-7-9-11-14)20-15-12-18(2,3)21(23)19(4,5)16(15)17(22)24-6/h7-11,13,15-16,20H,12H2,1-6H3/t13-,15-,16-/m1/s1. The fraction of sp³-hybridized carbons (Fsp3) is 0.632. The van der Waals surface area contributed by atoms with E-state index in [2.05, 4.69) is 24.4 Å². The number of nitrogens with zero attached hydrogens (tertiary/aromatic N) is 1. The van der Waals surface area contributed by atoms with Gasteiger partial charge in [-0.05, 0) is 46.6 Å². The molecule has 5 heteroatoms. The van der Waals surface area contributed by atoms with Crippen LogP contribution in [0.3, 0.4) is 0 Å². The first-order valence-corrected chi connectivity index (χ1v) is 8.47. The van der Waals surface area contributed by atoms with E-state index in [0.29, 0.717) is 6.42 Å². The fourth-order valence-corrected chi connectivity index (χ4v) is 4.03. The second kappa shape index (κ2) is 6.82. The third kappa shape index (κ3) is 3.48. The van der Waals surface area contributed by atoms with Crippen LogP contribution < -0.4 is 5.32 Å². The maximum absolute atomic E-state index is 12.8. The number of carbonyl (C=O) groups is 1. The van der Waals surface area contributed by atoms with Crippen molar-refractivity contribution in [3.05, 3.63) is 35.9 Å². The van der Waals surface area contributed by atoms with Gasteiger partial charge in [-0.15, -0.1) is 10.3 Å². The van der Waals surface area contributed by atoms with Crippen molar-refractivity contribution in [3.63, 3.8) is 0 Å². The number of hydrogen-bond acceptors (Lipinski definition) is 4. The number of esters is 1.